The normalized spacial score (nSPS) is 13.4. The number of nitrogens with two attached hydrogens (primary N) is 1. The number of ether oxygens (including phenoxy) is 1. The number of esters is 1. The fraction of sp³-hybridized carbons (Fsp3) is 0.333. The van der Waals surface area contributed by atoms with Gasteiger partial charge in [-0.15, -0.1) is 22.7 Å². The topological polar surface area (TPSA) is 134 Å². The van der Waals surface area contributed by atoms with Gasteiger partial charge in [0.15, 0.2) is 5.76 Å². The lowest BCUT2D eigenvalue weighted by atomic mass is 9.97. The van der Waals surface area contributed by atoms with Crippen LogP contribution in [0.1, 0.15) is 29.5 Å². The first-order chi connectivity index (χ1) is 15.9. The van der Waals surface area contributed by atoms with Crippen LogP contribution >= 0.6 is 22.7 Å². The maximum atomic E-state index is 13.1. The number of carbonyl (C=O) groups is 3. The van der Waals surface area contributed by atoms with Crippen molar-refractivity contribution < 1.29 is 37.4 Å². The molecule has 0 aliphatic heterocycles. The molecule has 0 fully saturated rings. The van der Waals surface area contributed by atoms with Gasteiger partial charge in [-0.2, -0.15) is 13.2 Å². The molecular weight excluding hydrogens is 495 g/mol. The Morgan fingerprint density at radius 1 is 1.18 bits per heavy atom. The van der Waals surface area contributed by atoms with E-state index in [2.05, 4.69) is 0 Å². The van der Waals surface area contributed by atoms with Gasteiger partial charge in [-0.3, -0.25) is 9.59 Å². The summed E-state index contributed by atoms with van der Waals surface area (Å²) in [5.41, 5.74) is 4.74. The molecule has 2 heterocycles. The number of hydrogen-bond donors (Lipinski definition) is 3. The fourth-order valence-corrected chi connectivity index (χ4v) is 4.91. The van der Waals surface area contributed by atoms with E-state index < -0.39 is 59.9 Å². The molecule has 1 unspecified atom stereocenters. The Bertz CT molecular complexity index is 1020. The number of nitrogens with zero attached hydrogens (tertiary/aromatic N) is 1. The van der Waals surface area contributed by atoms with E-state index in [1.165, 1.54) is 36.5 Å². The average molecular weight is 518 g/mol. The summed E-state index contributed by atoms with van der Waals surface area (Å²) in [4.78, 5) is 38.5. The van der Waals surface area contributed by atoms with Crippen molar-refractivity contribution >= 4 is 46.5 Å². The number of hydrogen-bond acceptors (Lipinski definition) is 9. The van der Waals surface area contributed by atoms with Gasteiger partial charge in [-0.1, -0.05) is 12.1 Å². The number of carbonyl (C=O) groups excluding carboxylic acids is 3. The average Bonchev–Trinajstić information content (AvgIpc) is 3.49. The smallest absolute Gasteiger partial charge is 0.490 e. The van der Waals surface area contributed by atoms with E-state index in [-0.39, 0.29) is 6.21 Å². The molecule has 184 valence electrons. The largest absolute Gasteiger partial charge is 0.503 e. The fourth-order valence-electron chi connectivity index (χ4n) is 3.04. The number of alkyl halides is 3. The second-order valence-electron chi connectivity index (χ2n) is 7.27. The molecular formula is C21H22F3N3O5S2. The van der Waals surface area contributed by atoms with E-state index in [1.807, 2.05) is 0 Å². The standard InChI is InChI=1S/C21H22F3N3O5S2/c1-11(2)27(19(30)17(26)18(29)12(28)9-25)10-13(32-20(31)21(22,23)24)16(14-5-3-7-33-14)15-6-4-8-34-15/h3-9,11,13,16,25,29H,10,26H2,1-2H3. The second-order valence-corrected chi connectivity index (χ2v) is 9.23. The predicted molar refractivity (Wildman–Crippen MR) is 121 cm³/mol. The van der Waals surface area contributed by atoms with Crippen molar-refractivity contribution in [3.05, 3.63) is 56.2 Å². The molecule has 0 saturated heterocycles. The number of aliphatic hydroxyl groups excluding tert-OH is 1. The first kappa shape index (κ1) is 27.1. The maximum Gasteiger partial charge on any atom is 0.490 e. The molecule has 0 saturated carbocycles. The third-order valence-electron chi connectivity index (χ3n) is 4.67. The van der Waals surface area contributed by atoms with E-state index in [0.29, 0.717) is 9.75 Å². The summed E-state index contributed by atoms with van der Waals surface area (Å²) in [6, 6.07) is 6.06. The molecule has 2 aromatic rings. The Hall–Kier alpha value is -3.19. The summed E-state index contributed by atoms with van der Waals surface area (Å²) in [5, 5.41) is 20.2. The molecule has 0 aromatic carbocycles. The predicted octanol–water partition coefficient (Wildman–Crippen LogP) is 3.60. The van der Waals surface area contributed by atoms with E-state index in [0.717, 1.165) is 4.90 Å². The first-order valence-corrected chi connectivity index (χ1v) is 11.5. The van der Waals surface area contributed by atoms with Gasteiger partial charge < -0.3 is 25.9 Å². The Morgan fingerprint density at radius 3 is 2.09 bits per heavy atom. The highest BCUT2D eigenvalue weighted by atomic mass is 32.1. The third-order valence-corrected chi connectivity index (χ3v) is 6.58. The molecule has 0 aliphatic carbocycles. The lowest BCUT2D eigenvalue weighted by Crippen LogP contribution is -2.48. The van der Waals surface area contributed by atoms with Crippen LogP contribution in [-0.4, -0.2) is 58.7 Å². The maximum absolute atomic E-state index is 13.1. The van der Waals surface area contributed by atoms with Gasteiger partial charge in [0.1, 0.15) is 11.8 Å². The minimum atomic E-state index is -5.27. The summed E-state index contributed by atoms with van der Waals surface area (Å²) < 4.78 is 44.2. The summed E-state index contributed by atoms with van der Waals surface area (Å²) >= 11 is 2.48. The molecule has 34 heavy (non-hydrogen) atoms. The van der Waals surface area contributed by atoms with Crippen molar-refractivity contribution in [3.63, 3.8) is 0 Å². The minimum absolute atomic E-state index is 0.257. The Kier molecular flexibility index (Phi) is 8.99. The second kappa shape index (κ2) is 11.3. The van der Waals surface area contributed by atoms with Gasteiger partial charge >= 0.3 is 12.1 Å². The van der Waals surface area contributed by atoms with Crippen molar-refractivity contribution in [3.8, 4) is 0 Å². The number of halogens is 3. The molecule has 0 bridgehead atoms. The molecule has 2 aromatic heterocycles. The van der Waals surface area contributed by atoms with Crippen molar-refractivity contribution in [2.45, 2.75) is 38.1 Å². The van der Waals surface area contributed by atoms with Crippen LogP contribution in [0.25, 0.3) is 0 Å². The van der Waals surface area contributed by atoms with Crippen molar-refractivity contribution in [1.29, 1.82) is 5.41 Å². The third kappa shape index (κ3) is 6.44. The molecule has 2 rings (SSSR count). The lowest BCUT2D eigenvalue weighted by Gasteiger charge is -2.34. The van der Waals surface area contributed by atoms with Gasteiger partial charge in [0, 0.05) is 15.8 Å². The van der Waals surface area contributed by atoms with E-state index >= 15 is 0 Å². The summed E-state index contributed by atoms with van der Waals surface area (Å²) in [7, 11) is 0. The Labute approximate surface area is 200 Å². The highest BCUT2D eigenvalue weighted by Gasteiger charge is 2.45. The number of allylic oxidation sites excluding steroid dienone is 1. The first-order valence-electron chi connectivity index (χ1n) is 9.77. The molecule has 0 aliphatic rings. The molecule has 0 spiro atoms. The van der Waals surface area contributed by atoms with Crippen LogP contribution in [0.5, 0.6) is 0 Å². The van der Waals surface area contributed by atoms with Crippen LogP contribution < -0.4 is 5.73 Å². The van der Waals surface area contributed by atoms with Crippen LogP contribution in [0.2, 0.25) is 0 Å². The number of rotatable bonds is 10. The van der Waals surface area contributed by atoms with Gasteiger partial charge in [0.2, 0.25) is 5.78 Å². The number of Topliss-reactive ketones (excluding diaryl/α,β-unsaturated/α-hetero) is 1. The quantitative estimate of drug-likeness (QED) is 0.191. The van der Waals surface area contributed by atoms with Crippen molar-refractivity contribution in [2.24, 2.45) is 5.73 Å². The number of ketones is 1. The zero-order valence-corrected chi connectivity index (χ0v) is 19.7. The van der Waals surface area contributed by atoms with Gasteiger partial charge in [0.05, 0.1) is 18.7 Å². The van der Waals surface area contributed by atoms with Crippen LogP contribution in [0.15, 0.2) is 46.5 Å². The van der Waals surface area contributed by atoms with Crippen LogP contribution in [-0.2, 0) is 19.1 Å². The van der Waals surface area contributed by atoms with Gasteiger partial charge in [0.25, 0.3) is 5.91 Å². The Balaban J connectivity index is 2.54. The Morgan fingerprint density at radius 2 is 1.71 bits per heavy atom. The van der Waals surface area contributed by atoms with E-state index in [4.69, 9.17) is 15.9 Å². The summed E-state index contributed by atoms with van der Waals surface area (Å²) in [5.74, 6) is -6.70. The van der Waals surface area contributed by atoms with Crippen LogP contribution in [0, 0.1) is 5.41 Å². The zero-order chi connectivity index (χ0) is 25.6. The van der Waals surface area contributed by atoms with Crippen LogP contribution in [0.4, 0.5) is 13.2 Å². The molecule has 1 amide bonds. The van der Waals surface area contributed by atoms with Crippen molar-refractivity contribution in [2.75, 3.05) is 6.54 Å². The lowest BCUT2D eigenvalue weighted by molar-refractivity contribution is -0.206. The molecule has 0 radical (unpaired) electrons. The minimum Gasteiger partial charge on any atom is -0.503 e. The van der Waals surface area contributed by atoms with Gasteiger partial charge in [-0.05, 0) is 36.7 Å². The molecule has 13 heteroatoms. The summed E-state index contributed by atoms with van der Waals surface area (Å²) in [6.07, 6.45) is -6.49. The number of amides is 1. The summed E-state index contributed by atoms with van der Waals surface area (Å²) in [6.45, 7) is 2.55. The monoisotopic (exact) mass is 517 g/mol. The highest BCUT2D eigenvalue weighted by molar-refractivity contribution is 7.11. The molecule has 1 atom stereocenters. The van der Waals surface area contributed by atoms with E-state index in [1.54, 1.807) is 35.0 Å². The number of aliphatic hydroxyl groups is 1. The van der Waals surface area contributed by atoms with Gasteiger partial charge in [-0.25, -0.2) is 4.79 Å². The zero-order valence-electron chi connectivity index (χ0n) is 18.0. The van der Waals surface area contributed by atoms with Crippen LogP contribution in [0.3, 0.4) is 0 Å². The number of thiophene rings is 2. The highest BCUT2D eigenvalue weighted by Crippen LogP contribution is 2.37. The SMILES string of the molecule is CC(C)N(CC(OC(=O)C(F)(F)F)C(c1cccs1)c1cccs1)C(=O)C(N)=C(O)C(=O)C=N. The molecule has 8 nitrogen and oxygen atoms in total. The van der Waals surface area contributed by atoms with E-state index in [9.17, 15) is 32.7 Å². The van der Waals surface area contributed by atoms with Crippen molar-refractivity contribution in [1.82, 2.24) is 4.90 Å². The molecule has 4 N–H and O–H groups in total. The number of nitrogens with one attached hydrogen (secondary N) is 1.